The van der Waals surface area contributed by atoms with Crippen molar-refractivity contribution in [2.45, 2.75) is 6.92 Å². The third-order valence-corrected chi connectivity index (χ3v) is 3.15. The molecule has 1 aliphatic heterocycles. The molecule has 0 radical (unpaired) electrons. The number of ether oxygens (including phenoxy) is 1. The smallest absolute Gasteiger partial charge is 0.255 e. The third kappa shape index (κ3) is 1.84. The van der Waals surface area contributed by atoms with Crippen LogP contribution < -0.4 is 5.32 Å². The molecule has 0 atom stereocenters. The van der Waals surface area contributed by atoms with Crippen molar-refractivity contribution in [1.82, 2.24) is 19.9 Å². The molecule has 2 aromatic rings. The average molecular weight is 246 g/mol. The van der Waals surface area contributed by atoms with Crippen LogP contribution in [0, 0.1) is 5.41 Å². The number of nitrogens with one attached hydrogen (secondary N) is 1. The summed E-state index contributed by atoms with van der Waals surface area (Å²) < 4.78 is 6.79. The number of fused-ring (bicyclic) bond motifs is 1. The van der Waals surface area contributed by atoms with E-state index in [1.807, 2.05) is 0 Å². The number of hydrogen-bond donors (Lipinski definition) is 1. The summed E-state index contributed by atoms with van der Waals surface area (Å²) in [6.07, 6.45) is 6.55. The second-order valence-electron chi connectivity index (χ2n) is 4.95. The van der Waals surface area contributed by atoms with Crippen molar-refractivity contribution in [1.29, 1.82) is 0 Å². The minimum absolute atomic E-state index is 0.0663. The Labute approximate surface area is 104 Å². The molecule has 18 heavy (non-hydrogen) atoms. The molecule has 3 rings (SSSR count). The molecule has 1 fully saturated rings. The van der Waals surface area contributed by atoms with E-state index in [1.165, 1.54) is 0 Å². The highest BCUT2D eigenvalue weighted by Crippen LogP contribution is 2.25. The lowest BCUT2D eigenvalue weighted by Crippen LogP contribution is -2.48. The Kier molecular flexibility index (Phi) is 2.52. The van der Waals surface area contributed by atoms with Gasteiger partial charge in [-0.05, 0) is 0 Å². The normalized spacial score (nSPS) is 17.4. The first kappa shape index (κ1) is 11.2. The molecule has 0 aliphatic carbocycles. The zero-order valence-electron chi connectivity index (χ0n) is 10.1. The number of amides is 1. The zero-order chi connectivity index (χ0) is 12.6. The monoisotopic (exact) mass is 246 g/mol. The van der Waals surface area contributed by atoms with E-state index in [2.05, 4.69) is 22.3 Å². The van der Waals surface area contributed by atoms with Crippen molar-refractivity contribution in [3.05, 3.63) is 30.4 Å². The maximum atomic E-state index is 12.1. The molecule has 2 aromatic heterocycles. The number of nitrogens with zero attached hydrogens (tertiary/aromatic N) is 3. The molecule has 0 bridgehead atoms. The molecule has 0 saturated carbocycles. The maximum Gasteiger partial charge on any atom is 0.255 e. The van der Waals surface area contributed by atoms with Crippen molar-refractivity contribution >= 4 is 11.4 Å². The lowest BCUT2D eigenvalue weighted by Gasteiger charge is -2.37. The molecule has 1 saturated heterocycles. The molecule has 1 N–H and O–H groups in total. The first-order valence-electron chi connectivity index (χ1n) is 5.81. The van der Waals surface area contributed by atoms with Crippen LogP contribution in [0.4, 0.5) is 0 Å². The highest BCUT2D eigenvalue weighted by atomic mass is 16.5. The summed E-state index contributed by atoms with van der Waals surface area (Å²) in [5.74, 6) is -0.119. The highest BCUT2D eigenvalue weighted by Gasteiger charge is 2.33. The fraction of sp³-hybridized carbons (Fsp3) is 0.417. The predicted molar refractivity (Wildman–Crippen MR) is 64.2 cm³/mol. The molecule has 6 nitrogen and oxygen atoms in total. The van der Waals surface area contributed by atoms with Gasteiger partial charge in [0.25, 0.3) is 5.91 Å². The molecule has 0 aromatic carbocycles. The van der Waals surface area contributed by atoms with Crippen LogP contribution >= 0.6 is 0 Å². The lowest BCUT2D eigenvalue weighted by molar-refractivity contribution is -0.0978. The first-order chi connectivity index (χ1) is 8.68. The quantitative estimate of drug-likeness (QED) is 0.856. The van der Waals surface area contributed by atoms with E-state index in [4.69, 9.17) is 4.74 Å². The van der Waals surface area contributed by atoms with Gasteiger partial charge in [0, 0.05) is 24.4 Å². The van der Waals surface area contributed by atoms with Gasteiger partial charge < -0.3 is 10.1 Å². The Bertz CT molecular complexity index is 589. The highest BCUT2D eigenvalue weighted by molar-refractivity contribution is 6.00. The number of carbonyl (C=O) groups excluding carboxylic acids is 1. The summed E-state index contributed by atoms with van der Waals surface area (Å²) in [5.41, 5.74) is 1.33. The van der Waals surface area contributed by atoms with Crippen molar-refractivity contribution in [3.63, 3.8) is 0 Å². The van der Waals surface area contributed by atoms with Gasteiger partial charge in [-0.3, -0.25) is 9.78 Å². The number of aromatic nitrogens is 3. The van der Waals surface area contributed by atoms with Gasteiger partial charge in [0.1, 0.15) is 0 Å². The van der Waals surface area contributed by atoms with E-state index < -0.39 is 0 Å². The van der Waals surface area contributed by atoms with E-state index in [9.17, 15) is 4.79 Å². The van der Waals surface area contributed by atoms with Crippen LogP contribution in [-0.2, 0) is 4.74 Å². The molecular weight excluding hydrogens is 232 g/mol. The van der Waals surface area contributed by atoms with E-state index in [1.54, 1.807) is 29.3 Å². The number of carbonyl (C=O) groups is 1. The second kappa shape index (κ2) is 4.06. The molecule has 94 valence electrons. The summed E-state index contributed by atoms with van der Waals surface area (Å²) in [5, 5.41) is 7.03. The Hall–Kier alpha value is -1.95. The van der Waals surface area contributed by atoms with Gasteiger partial charge in [-0.1, -0.05) is 6.92 Å². The fourth-order valence-corrected chi connectivity index (χ4v) is 1.95. The maximum absolute atomic E-state index is 12.1. The molecule has 0 unspecified atom stereocenters. The summed E-state index contributed by atoms with van der Waals surface area (Å²) in [6, 6.07) is 0. The van der Waals surface area contributed by atoms with Gasteiger partial charge in [-0.25, -0.2) is 4.52 Å². The molecule has 0 spiro atoms. The molecule has 6 heteroatoms. The van der Waals surface area contributed by atoms with E-state index >= 15 is 0 Å². The van der Waals surface area contributed by atoms with Gasteiger partial charge in [-0.2, -0.15) is 5.10 Å². The molecule has 3 heterocycles. The predicted octanol–water partition coefficient (Wildman–Crippen LogP) is 0.496. The Balaban J connectivity index is 1.75. The van der Waals surface area contributed by atoms with Crippen LogP contribution in [0.25, 0.3) is 5.52 Å². The topological polar surface area (TPSA) is 68.5 Å². The number of hydrogen-bond acceptors (Lipinski definition) is 4. The van der Waals surface area contributed by atoms with Crippen LogP contribution in [0.3, 0.4) is 0 Å². The Morgan fingerprint density at radius 1 is 1.56 bits per heavy atom. The van der Waals surface area contributed by atoms with Crippen molar-refractivity contribution in [2.24, 2.45) is 5.41 Å². The van der Waals surface area contributed by atoms with Crippen LogP contribution in [-0.4, -0.2) is 40.3 Å². The minimum Gasteiger partial charge on any atom is -0.380 e. The molecule has 1 amide bonds. The van der Waals surface area contributed by atoms with Crippen LogP contribution in [0.5, 0.6) is 0 Å². The van der Waals surface area contributed by atoms with Crippen molar-refractivity contribution in [2.75, 3.05) is 19.8 Å². The standard InChI is InChI=1S/C12H14N4O2/c1-12(7-18-8-12)6-14-11(17)9-4-15-16-3-2-13-5-10(9)16/h2-5H,6-8H2,1H3,(H,14,17). The second-order valence-corrected chi connectivity index (χ2v) is 4.95. The fourth-order valence-electron chi connectivity index (χ4n) is 1.95. The van der Waals surface area contributed by atoms with E-state index in [0.717, 1.165) is 0 Å². The van der Waals surface area contributed by atoms with E-state index in [-0.39, 0.29) is 11.3 Å². The van der Waals surface area contributed by atoms with Crippen LogP contribution in [0.1, 0.15) is 17.3 Å². The van der Waals surface area contributed by atoms with Gasteiger partial charge in [0.2, 0.25) is 0 Å². The summed E-state index contributed by atoms with van der Waals surface area (Å²) in [7, 11) is 0. The molecule has 1 aliphatic rings. The van der Waals surface area contributed by atoms with Crippen molar-refractivity contribution in [3.8, 4) is 0 Å². The average Bonchev–Trinajstić information content (AvgIpc) is 2.77. The Morgan fingerprint density at radius 3 is 3.11 bits per heavy atom. The first-order valence-corrected chi connectivity index (χ1v) is 5.81. The van der Waals surface area contributed by atoms with Gasteiger partial charge in [0.05, 0.1) is 36.7 Å². The van der Waals surface area contributed by atoms with Crippen molar-refractivity contribution < 1.29 is 9.53 Å². The summed E-state index contributed by atoms with van der Waals surface area (Å²) >= 11 is 0. The molecular formula is C12H14N4O2. The van der Waals surface area contributed by atoms with Gasteiger partial charge in [0.15, 0.2) is 0 Å². The minimum atomic E-state index is -0.119. The SMILES string of the molecule is CC1(CNC(=O)c2cnn3ccncc23)COC1. The van der Waals surface area contributed by atoms with Crippen LogP contribution in [0.15, 0.2) is 24.8 Å². The zero-order valence-corrected chi connectivity index (χ0v) is 10.1. The van der Waals surface area contributed by atoms with Gasteiger partial charge in [-0.15, -0.1) is 0 Å². The lowest BCUT2D eigenvalue weighted by atomic mass is 9.89. The Morgan fingerprint density at radius 2 is 2.39 bits per heavy atom. The van der Waals surface area contributed by atoms with E-state index in [0.29, 0.717) is 30.8 Å². The number of rotatable bonds is 3. The largest absolute Gasteiger partial charge is 0.380 e. The van der Waals surface area contributed by atoms with Gasteiger partial charge >= 0.3 is 0 Å². The summed E-state index contributed by atoms with van der Waals surface area (Å²) in [6.45, 7) is 4.10. The third-order valence-electron chi connectivity index (χ3n) is 3.15. The summed E-state index contributed by atoms with van der Waals surface area (Å²) in [4.78, 5) is 16.1. The van der Waals surface area contributed by atoms with Crippen LogP contribution in [0.2, 0.25) is 0 Å².